The smallest absolute Gasteiger partial charge is 0.134 e. The predicted octanol–water partition coefficient (Wildman–Crippen LogP) is 2.03. The normalized spacial score (nSPS) is 32.4. The molecule has 3 heterocycles. The fourth-order valence-corrected chi connectivity index (χ4v) is 4.60. The molecule has 3 rings (SSSR count). The van der Waals surface area contributed by atoms with E-state index in [4.69, 9.17) is 0 Å². The summed E-state index contributed by atoms with van der Waals surface area (Å²) >= 11 is 2.83. The van der Waals surface area contributed by atoms with Crippen LogP contribution in [0.4, 0.5) is 0 Å². The highest BCUT2D eigenvalue weighted by atomic mass is 32.2. The van der Waals surface area contributed by atoms with E-state index < -0.39 is 0 Å². The van der Waals surface area contributed by atoms with Crippen LogP contribution >= 0.6 is 23.5 Å². The maximum Gasteiger partial charge on any atom is 0.134 e. The van der Waals surface area contributed by atoms with Gasteiger partial charge in [-0.1, -0.05) is 11.8 Å². The minimum Gasteiger partial charge on any atom is -0.302 e. The van der Waals surface area contributed by atoms with E-state index in [1.165, 1.54) is 37.7 Å². The van der Waals surface area contributed by atoms with Gasteiger partial charge in [-0.3, -0.25) is 0 Å². The molecule has 6 heteroatoms. The van der Waals surface area contributed by atoms with E-state index in [1.807, 2.05) is 6.92 Å². The van der Waals surface area contributed by atoms with Crippen LogP contribution in [-0.4, -0.2) is 44.8 Å². The maximum absolute atomic E-state index is 10.8. The van der Waals surface area contributed by atoms with E-state index in [0.29, 0.717) is 5.92 Å². The highest BCUT2D eigenvalue weighted by Crippen LogP contribution is 2.41. The van der Waals surface area contributed by atoms with Crippen LogP contribution in [0.2, 0.25) is 0 Å². The third-order valence-corrected chi connectivity index (χ3v) is 5.55. The van der Waals surface area contributed by atoms with E-state index in [-0.39, 0.29) is 5.25 Å². The summed E-state index contributed by atoms with van der Waals surface area (Å²) in [6.07, 6.45) is 3.60. The van der Waals surface area contributed by atoms with Gasteiger partial charge in [0.1, 0.15) is 11.3 Å². The molecule has 0 saturated carbocycles. The van der Waals surface area contributed by atoms with Crippen molar-refractivity contribution in [3.63, 3.8) is 0 Å². The van der Waals surface area contributed by atoms with Crippen LogP contribution in [0, 0.1) is 5.92 Å². The first kappa shape index (κ1) is 12.6. The zero-order valence-corrected chi connectivity index (χ0v) is 12.0. The highest BCUT2D eigenvalue weighted by Gasteiger charge is 2.39. The molecular formula is C12H17N3OS2. The van der Waals surface area contributed by atoms with Gasteiger partial charge >= 0.3 is 0 Å². The topological polar surface area (TPSA) is 46.1 Å². The summed E-state index contributed by atoms with van der Waals surface area (Å²) in [5.74, 6) is 1.28. The molecule has 0 spiro atoms. The van der Waals surface area contributed by atoms with Gasteiger partial charge < -0.3 is 9.69 Å². The standard InChI is InChI=1S/C12H17N3OS2/c1-8(7-16)17-12-11(13-18-14-12)10-6-15-4-2-3-9(10)5-15/h7-10H,2-6H2,1H3. The lowest BCUT2D eigenvalue weighted by molar-refractivity contribution is -0.107. The van der Waals surface area contributed by atoms with Crippen molar-refractivity contribution in [1.29, 1.82) is 0 Å². The Hall–Kier alpha value is -0.460. The average molecular weight is 283 g/mol. The van der Waals surface area contributed by atoms with Crippen LogP contribution in [-0.2, 0) is 4.79 Å². The molecule has 2 bridgehead atoms. The number of piperidine rings is 1. The minimum atomic E-state index is -0.0336. The number of thioether (sulfide) groups is 1. The highest BCUT2D eigenvalue weighted by molar-refractivity contribution is 8.00. The zero-order chi connectivity index (χ0) is 12.5. The molecule has 2 fully saturated rings. The average Bonchev–Trinajstić information content (AvgIpc) is 2.94. The molecule has 0 amide bonds. The molecule has 98 valence electrons. The van der Waals surface area contributed by atoms with Crippen molar-refractivity contribution in [3.8, 4) is 0 Å². The molecule has 0 aliphatic carbocycles. The monoisotopic (exact) mass is 283 g/mol. The van der Waals surface area contributed by atoms with Crippen molar-refractivity contribution >= 4 is 29.8 Å². The molecule has 2 aliphatic rings. The lowest BCUT2D eigenvalue weighted by Crippen LogP contribution is -2.25. The lowest BCUT2D eigenvalue weighted by atomic mass is 9.89. The molecule has 18 heavy (non-hydrogen) atoms. The van der Waals surface area contributed by atoms with Crippen LogP contribution in [0.5, 0.6) is 0 Å². The molecule has 1 aromatic rings. The summed E-state index contributed by atoms with van der Waals surface area (Å²) in [6, 6.07) is 0. The second kappa shape index (κ2) is 5.27. The van der Waals surface area contributed by atoms with Gasteiger partial charge in [-0.2, -0.15) is 8.75 Å². The summed E-state index contributed by atoms with van der Waals surface area (Å²) in [7, 11) is 0. The number of hydrogen-bond donors (Lipinski definition) is 0. The van der Waals surface area contributed by atoms with Crippen molar-refractivity contribution in [1.82, 2.24) is 13.6 Å². The minimum absolute atomic E-state index is 0.0336. The van der Waals surface area contributed by atoms with Gasteiger partial charge in [0, 0.05) is 19.0 Å². The Morgan fingerprint density at radius 2 is 2.39 bits per heavy atom. The molecule has 2 aliphatic heterocycles. The van der Waals surface area contributed by atoms with Gasteiger partial charge in [-0.05, 0) is 32.2 Å². The quantitative estimate of drug-likeness (QED) is 0.625. The number of rotatable bonds is 4. The van der Waals surface area contributed by atoms with Gasteiger partial charge in [-0.25, -0.2) is 0 Å². The SMILES string of the molecule is CC(C=O)Sc1nsnc1C1CN2CCCC1C2. The number of carbonyl (C=O) groups is 1. The first-order chi connectivity index (χ1) is 8.78. The molecule has 0 aromatic carbocycles. The van der Waals surface area contributed by atoms with Gasteiger partial charge in [-0.15, -0.1) is 0 Å². The van der Waals surface area contributed by atoms with E-state index in [0.717, 1.165) is 29.5 Å². The van der Waals surface area contributed by atoms with E-state index in [1.54, 1.807) is 11.8 Å². The summed E-state index contributed by atoms with van der Waals surface area (Å²) in [5.41, 5.74) is 1.15. The van der Waals surface area contributed by atoms with Crippen molar-refractivity contribution < 1.29 is 4.79 Å². The number of nitrogens with zero attached hydrogens (tertiary/aromatic N) is 3. The first-order valence-electron chi connectivity index (χ1n) is 6.44. The lowest BCUT2D eigenvalue weighted by Gasteiger charge is -2.21. The molecule has 4 nitrogen and oxygen atoms in total. The van der Waals surface area contributed by atoms with Crippen LogP contribution in [0.15, 0.2) is 5.03 Å². The molecule has 0 N–H and O–H groups in total. The first-order valence-corrected chi connectivity index (χ1v) is 8.05. The van der Waals surface area contributed by atoms with Crippen LogP contribution in [0.1, 0.15) is 31.4 Å². The molecule has 2 saturated heterocycles. The summed E-state index contributed by atoms with van der Waals surface area (Å²) in [6.45, 7) is 5.49. The Balaban J connectivity index is 1.80. The second-order valence-electron chi connectivity index (χ2n) is 5.18. The predicted molar refractivity (Wildman–Crippen MR) is 73.2 cm³/mol. The fraction of sp³-hybridized carbons (Fsp3) is 0.750. The van der Waals surface area contributed by atoms with Gasteiger partial charge in [0.15, 0.2) is 0 Å². The number of hydrogen-bond acceptors (Lipinski definition) is 6. The molecular weight excluding hydrogens is 266 g/mol. The third kappa shape index (κ3) is 2.33. The Labute approximate surface area is 115 Å². The van der Waals surface area contributed by atoms with Crippen LogP contribution < -0.4 is 0 Å². The molecule has 1 aromatic heterocycles. The van der Waals surface area contributed by atoms with Crippen molar-refractivity contribution in [2.45, 2.75) is 36.0 Å². The van der Waals surface area contributed by atoms with Crippen molar-refractivity contribution in [3.05, 3.63) is 5.69 Å². The summed E-state index contributed by atoms with van der Waals surface area (Å²) < 4.78 is 8.89. The second-order valence-corrected chi connectivity index (χ2v) is 7.08. The Morgan fingerprint density at radius 1 is 1.50 bits per heavy atom. The molecule has 0 radical (unpaired) electrons. The number of aromatic nitrogens is 2. The maximum atomic E-state index is 10.8. The Kier molecular flexibility index (Phi) is 3.68. The van der Waals surface area contributed by atoms with Gasteiger partial charge in [0.05, 0.1) is 22.7 Å². The molecule has 4 atom stereocenters. The van der Waals surface area contributed by atoms with Gasteiger partial charge in [0.2, 0.25) is 0 Å². The Bertz CT molecular complexity index is 437. The van der Waals surface area contributed by atoms with Crippen molar-refractivity contribution in [2.75, 3.05) is 19.6 Å². The third-order valence-electron chi connectivity index (χ3n) is 3.89. The van der Waals surface area contributed by atoms with Crippen LogP contribution in [0.25, 0.3) is 0 Å². The van der Waals surface area contributed by atoms with Gasteiger partial charge in [0.25, 0.3) is 0 Å². The number of fused-ring (bicyclic) bond motifs is 2. The zero-order valence-electron chi connectivity index (χ0n) is 10.4. The van der Waals surface area contributed by atoms with E-state index in [9.17, 15) is 4.79 Å². The summed E-state index contributed by atoms with van der Waals surface area (Å²) in [5, 5.41) is 0.951. The van der Waals surface area contributed by atoms with E-state index in [2.05, 4.69) is 13.6 Å². The Morgan fingerprint density at radius 3 is 3.17 bits per heavy atom. The van der Waals surface area contributed by atoms with Crippen LogP contribution in [0.3, 0.4) is 0 Å². The number of aldehydes is 1. The summed E-state index contributed by atoms with van der Waals surface area (Å²) in [4.78, 5) is 13.3. The van der Waals surface area contributed by atoms with E-state index >= 15 is 0 Å². The largest absolute Gasteiger partial charge is 0.302 e. The fourth-order valence-electron chi connectivity index (χ4n) is 3.02. The molecule has 4 unspecified atom stereocenters. The number of carbonyl (C=O) groups excluding carboxylic acids is 1. The van der Waals surface area contributed by atoms with Crippen molar-refractivity contribution in [2.24, 2.45) is 5.92 Å².